The maximum Gasteiger partial charge on any atom is 0.335 e. The van der Waals surface area contributed by atoms with Gasteiger partial charge in [0.25, 0.3) is 11.8 Å². The fraction of sp³-hybridized carbons (Fsp3) is 0.211. The number of anilines is 2. The molecule has 0 aliphatic carbocycles. The van der Waals surface area contributed by atoms with Crippen molar-refractivity contribution in [2.24, 2.45) is 0 Å². The zero-order chi connectivity index (χ0) is 19.7. The number of imide groups is 2. The number of nitrogens with zero attached hydrogens (tertiary/aromatic N) is 2. The van der Waals surface area contributed by atoms with Gasteiger partial charge in [0.15, 0.2) is 5.88 Å². The number of hydrogen-bond acceptors (Lipinski definition) is 6. The Labute approximate surface area is 159 Å². The van der Waals surface area contributed by atoms with Crippen molar-refractivity contribution in [3.63, 3.8) is 0 Å². The van der Waals surface area contributed by atoms with Gasteiger partial charge in [-0.25, -0.2) is 14.1 Å². The Morgan fingerprint density at radius 2 is 1.71 bits per heavy atom. The molecule has 4 rings (SSSR count). The topological polar surface area (TPSA) is 92.1 Å². The van der Waals surface area contributed by atoms with Crippen LogP contribution in [-0.4, -0.2) is 44.1 Å². The van der Waals surface area contributed by atoms with E-state index in [1.54, 1.807) is 12.1 Å². The molecule has 28 heavy (non-hydrogen) atoms. The second-order valence-electron chi connectivity index (χ2n) is 6.21. The smallest absolute Gasteiger partial charge is 0.335 e. The first-order valence-electron chi connectivity index (χ1n) is 8.62. The fourth-order valence-electron chi connectivity index (χ4n) is 3.00. The van der Waals surface area contributed by atoms with Crippen LogP contribution in [0.15, 0.2) is 46.4 Å². The number of nitrogens with one attached hydrogen (secondary N) is 1. The summed E-state index contributed by atoms with van der Waals surface area (Å²) >= 11 is 0. The number of furan rings is 1. The number of halogens is 1. The third-order valence-electron chi connectivity index (χ3n) is 4.41. The molecule has 2 aromatic rings. The molecule has 2 saturated heterocycles. The standard InChI is InChI=1S/C19H16FN3O5/c20-12-1-3-13(4-2-12)23-18(25)15(17(24)21-19(23)26)11-14-5-6-16(28-14)22-7-9-27-10-8-22/h1-6,11H,7-10H2,(H,21,24,26)/b15-11-. The molecule has 0 bridgehead atoms. The van der Waals surface area contributed by atoms with Crippen molar-refractivity contribution >= 4 is 35.5 Å². The van der Waals surface area contributed by atoms with Crippen LogP contribution in [0.4, 0.5) is 20.8 Å². The molecule has 0 spiro atoms. The van der Waals surface area contributed by atoms with Gasteiger partial charge in [-0.1, -0.05) is 0 Å². The minimum atomic E-state index is -0.896. The van der Waals surface area contributed by atoms with Crippen LogP contribution in [0, 0.1) is 5.82 Å². The number of barbiturate groups is 1. The number of morpholine rings is 1. The highest BCUT2D eigenvalue weighted by Gasteiger charge is 2.37. The lowest BCUT2D eigenvalue weighted by molar-refractivity contribution is -0.122. The Morgan fingerprint density at radius 3 is 2.43 bits per heavy atom. The molecule has 3 heterocycles. The first kappa shape index (κ1) is 17.9. The van der Waals surface area contributed by atoms with Crippen LogP contribution in [0.5, 0.6) is 0 Å². The van der Waals surface area contributed by atoms with Crippen molar-refractivity contribution in [3.8, 4) is 0 Å². The van der Waals surface area contributed by atoms with Crippen LogP contribution < -0.4 is 15.1 Å². The summed E-state index contributed by atoms with van der Waals surface area (Å²) in [6.07, 6.45) is 1.28. The number of urea groups is 1. The molecule has 2 aliphatic heterocycles. The van der Waals surface area contributed by atoms with Gasteiger partial charge in [0.05, 0.1) is 18.9 Å². The molecule has 1 aromatic carbocycles. The van der Waals surface area contributed by atoms with E-state index in [0.717, 1.165) is 17.0 Å². The monoisotopic (exact) mass is 385 g/mol. The molecule has 4 amide bonds. The molecule has 8 nitrogen and oxygen atoms in total. The number of rotatable bonds is 3. The second kappa shape index (κ2) is 7.28. The zero-order valence-corrected chi connectivity index (χ0v) is 14.7. The van der Waals surface area contributed by atoms with E-state index in [1.807, 2.05) is 4.90 Å². The summed E-state index contributed by atoms with van der Waals surface area (Å²) < 4.78 is 24.1. The molecule has 0 atom stereocenters. The van der Waals surface area contributed by atoms with E-state index >= 15 is 0 Å². The van der Waals surface area contributed by atoms with Gasteiger partial charge in [-0.05, 0) is 36.4 Å². The summed E-state index contributed by atoms with van der Waals surface area (Å²) in [6.45, 7) is 2.53. The van der Waals surface area contributed by atoms with Crippen LogP contribution in [-0.2, 0) is 14.3 Å². The maximum atomic E-state index is 13.1. The van der Waals surface area contributed by atoms with E-state index in [0.29, 0.717) is 37.9 Å². The van der Waals surface area contributed by atoms with E-state index in [2.05, 4.69) is 5.32 Å². The van der Waals surface area contributed by atoms with Crippen LogP contribution in [0.2, 0.25) is 0 Å². The van der Waals surface area contributed by atoms with Crippen molar-refractivity contribution in [2.75, 3.05) is 36.1 Å². The number of hydrogen-bond donors (Lipinski definition) is 1. The molecule has 2 aliphatic rings. The molecule has 0 radical (unpaired) electrons. The Kier molecular flexibility index (Phi) is 4.66. The lowest BCUT2D eigenvalue weighted by Crippen LogP contribution is -2.54. The minimum absolute atomic E-state index is 0.149. The number of carbonyl (C=O) groups excluding carboxylic acids is 3. The molecule has 0 unspecified atom stereocenters. The second-order valence-corrected chi connectivity index (χ2v) is 6.21. The summed E-state index contributed by atoms with van der Waals surface area (Å²) in [4.78, 5) is 39.8. The number of carbonyl (C=O) groups is 3. The van der Waals surface area contributed by atoms with Gasteiger partial charge in [0.1, 0.15) is 17.2 Å². The van der Waals surface area contributed by atoms with Crippen molar-refractivity contribution in [3.05, 3.63) is 53.5 Å². The van der Waals surface area contributed by atoms with E-state index < -0.39 is 23.7 Å². The highest BCUT2D eigenvalue weighted by Crippen LogP contribution is 2.25. The van der Waals surface area contributed by atoms with E-state index in [1.165, 1.54) is 18.2 Å². The van der Waals surface area contributed by atoms with E-state index in [4.69, 9.17) is 9.15 Å². The average molecular weight is 385 g/mol. The molecule has 2 fully saturated rings. The van der Waals surface area contributed by atoms with Gasteiger partial charge in [0, 0.05) is 19.2 Å². The number of amides is 4. The van der Waals surface area contributed by atoms with E-state index in [9.17, 15) is 18.8 Å². The zero-order valence-electron chi connectivity index (χ0n) is 14.7. The number of benzene rings is 1. The fourth-order valence-corrected chi connectivity index (χ4v) is 3.00. The quantitative estimate of drug-likeness (QED) is 0.641. The van der Waals surface area contributed by atoms with Gasteiger partial charge in [-0.15, -0.1) is 0 Å². The van der Waals surface area contributed by atoms with Gasteiger partial charge in [-0.3, -0.25) is 14.9 Å². The Balaban J connectivity index is 1.61. The van der Waals surface area contributed by atoms with Crippen molar-refractivity contribution in [1.29, 1.82) is 0 Å². The highest BCUT2D eigenvalue weighted by atomic mass is 19.1. The first-order chi connectivity index (χ1) is 13.5. The largest absolute Gasteiger partial charge is 0.441 e. The molecule has 9 heteroatoms. The molecule has 144 valence electrons. The average Bonchev–Trinajstić information content (AvgIpc) is 3.16. The van der Waals surface area contributed by atoms with Crippen LogP contribution >= 0.6 is 0 Å². The lowest BCUT2D eigenvalue weighted by Gasteiger charge is -2.26. The Bertz CT molecular complexity index is 960. The van der Waals surface area contributed by atoms with Crippen molar-refractivity contribution in [1.82, 2.24) is 5.32 Å². The van der Waals surface area contributed by atoms with Gasteiger partial charge < -0.3 is 14.1 Å². The molecule has 1 N–H and O–H groups in total. The van der Waals surface area contributed by atoms with Gasteiger partial charge in [0.2, 0.25) is 0 Å². The maximum absolute atomic E-state index is 13.1. The molecular formula is C19H16FN3O5. The van der Waals surface area contributed by atoms with Gasteiger partial charge >= 0.3 is 6.03 Å². The SMILES string of the molecule is O=C1NC(=O)N(c2ccc(F)cc2)C(=O)/C1=C\c1ccc(N2CCOCC2)o1. The summed E-state index contributed by atoms with van der Waals surface area (Å²) in [5.74, 6) is -1.24. The first-order valence-corrected chi connectivity index (χ1v) is 8.62. The summed E-state index contributed by atoms with van der Waals surface area (Å²) in [5, 5.41) is 2.11. The lowest BCUT2D eigenvalue weighted by atomic mass is 10.1. The van der Waals surface area contributed by atoms with E-state index in [-0.39, 0.29) is 11.3 Å². The van der Waals surface area contributed by atoms with Crippen LogP contribution in [0.25, 0.3) is 6.08 Å². The molecule has 1 aromatic heterocycles. The predicted octanol–water partition coefficient (Wildman–Crippen LogP) is 1.92. The third-order valence-corrected chi connectivity index (χ3v) is 4.41. The van der Waals surface area contributed by atoms with Crippen molar-refractivity contribution < 1.29 is 27.9 Å². The molecular weight excluding hydrogens is 369 g/mol. The Hall–Kier alpha value is -3.46. The van der Waals surface area contributed by atoms with Gasteiger partial charge in [-0.2, -0.15) is 0 Å². The summed E-state index contributed by atoms with van der Waals surface area (Å²) in [6, 6.07) is 7.29. The van der Waals surface area contributed by atoms with Crippen LogP contribution in [0.1, 0.15) is 5.76 Å². The third kappa shape index (κ3) is 3.39. The summed E-state index contributed by atoms with van der Waals surface area (Å²) in [7, 11) is 0. The van der Waals surface area contributed by atoms with Crippen molar-refractivity contribution in [2.45, 2.75) is 0 Å². The molecule has 0 saturated carbocycles. The highest BCUT2D eigenvalue weighted by molar-refractivity contribution is 6.39. The van der Waals surface area contributed by atoms with Crippen LogP contribution in [0.3, 0.4) is 0 Å². The minimum Gasteiger partial charge on any atom is -0.441 e. The summed E-state index contributed by atoms with van der Waals surface area (Å²) in [5.41, 5.74) is -0.109. The normalized spacial score (nSPS) is 19.3. The number of ether oxygens (including phenoxy) is 1. The predicted molar refractivity (Wildman–Crippen MR) is 97.1 cm³/mol. The Morgan fingerprint density at radius 1 is 1.00 bits per heavy atom.